The molecule has 1 amide bonds. The number of halogens is 1. The van der Waals surface area contributed by atoms with Gasteiger partial charge in [0.05, 0.1) is 6.61 Å². The summed E-state index contributed by atoms with van der Waals surface area (Å²) in [6.45, 7) is 1.45. The summed E-state index contributed by atoms with van der Waals surface area (Å²) >= 11 is 0. The molecule has 0 saturated heterocycles. The second kappa shape index (κ2) is 7.55. The zero-order chi connectivity index (χ0) is 15.1. The van der Waals surface area contributed by atoms with Gasteiger partial charge < -0.3 is 9.64 Å². The molecule has 110 valence electrons. The maximum atomic E-state index is 13.0. The highest BCUT2D eigenvalue weighted by Gasteiger charge is 2.15. The van der Waals surface area contributed by atoms with E-state index in [9.17, 15) is 9.18 Å². The van der Waals surface area contributed by atoms with Crippen molar-refractivity contribution in [3.8, 4) is 0 Å². The smallest absolute Gasteiger partial charge is 0.254 e. The van der Waals surface area contributed by atoms with Gasteiger partial charge in [-0.3, -0.25) is 4.79 Å². The number of amides is 1. The first-order chi connectivity index (χ1) is 10.2. The van der Waals surface area contributed by atoms with Gasteiger partial charge in [0.25, 0.3) is 5.91 Å². The lowest BCUT2D eigenvalue weighted by Gasteiger charge is -2.22. The zero-order valence-corrected chi connectivity index (χ0v) is 12.0. The standard InChI is InChI=1S/C17H18FNO2/c1-21-12-11-19(13-14-5-3-2-4-6-14)17(20)15-7-9-16(18)10-8-15/h2-10H,11-13H2,1H3. The Bertz CT molecular complexity index is 569. The van der Waals surface area contributed by atoms with Gasteiger partial charge >= 0.3 is 0 Å². The van der Waals surface area contributed by atoms with E-state index in [1.54, 1.807) is 12.0 Å². The third-order valence-corrected chi connectivity index (χ3v) is 3.16. The van der Waals surface area contributed by atoms with Crippen molar-refractivity contribution in [1.29, 1.82) is 0 Å². The van der Waals surface area contributed by atoms with Crippen LogP contribution in [-0.4, -0.2) is 31.1 Å². The topological polar surface area (TPSA) is 29.5 Å². The van der Waals surface area contributed by atoms with E-state index in [1.807, 2.05) is 30.3 Å². The molecule has 0 radical (unpaired) electrons. The molecular weight excluding hydrogens is 269 g/mol. The second-order valence-corrected chi connectivity index (χ2v) is 4.71. The molecular formula is C17H18FNO2. The van der Waals surface area contributed by atoms with E-state index in [0.29, 0.717) is 25.3 Å². The Labute approximate surface area is 124 Å². The number of carbonyl (C=O) groups is 1. The van der Waals surface area contributed by atoms with Crippen LogP contribution in [0.4, 0.5) is 4.39 Å². The third kappa shape index (κ3) is 4.39. The Morgan fingerprint density at radius 2 is 1.76 bits per heavy atom. The molecule has 0 aliphatic rings. The molecule has 0 saturated carbocycles. The average molecular weight is 287 g/mol. The Morgan fingerprint density at radius 3 is 2.38 bits per heavy atom. The van der Waals surface area contributed by atoms with Gasteiger partial charge in [-0.05, 0) is 29.8 Å². The molecule has 3 nitrogen and oxygen atoms in total. The minimum Gasteiger partial charge on any atom is -0.383 e. The fourth-order valence-corrected chi connectivity index (χ4v) is 2.03. The van der Waals surface area contributed by atoms with Crippen LogP contribution in [0.5, 0.6) is 0 Å². The Balaban J connectivity index is 2.14. The summed E-state index contributed by atoms with van der Waals surface area (Å²) < 4.78 is 18.0. The van der Waals surface area contributed by atoms with Crippen molar-refractivity contribution in [1.82, 2.24) is 4.90 Å². The minimum atomic E-state index is -0.349. The Morgan fingerprint density at radius 1 is 1.10 bits per heavy atom. The molecule has 0 bridgehead atoms. The van der Waals surface area contributed by atoms with E-state index in [1.165, 1.54) is 24.3 Å². The van der Waals surface area contributed by atoms with Crippen LogP contribution in [0.2, 0.25) is 0 Å². The SMILES string of the molecule is COCCN(Cc1ccccc1)C(=O)c1ccc(F)cc1. The molecule has 2 aromatic carbocycles. The number of hydrogen-bond donors (Lipinski definition) is 0. The monoisotopic (exact) mass is 287 g/mol. The normalized spacial score (nSPS) is 10.4. The van der Waals surface area contributed by atoms with Gasteiger partial charge in [-0.25, -0.2) is 4.39 Å². The molecule has 0 aromatic heterocycles. The lowest BCUT2D eigenvalue weighted by Crippen LogP contribution is -2.33. The van der Waals surface area contributed by atoms with Crippen LogP contribution in [0.3, 0.4) is 0 Å². The van der Waals surface area contributed by atoms with Crippen molar-refractivity contribution in [3.05, 3.63) is 71.5 Å². The number of hydrogen-bond acceptors (Lipinski definition) is 2. The van der Waals surface area contributed by atoms with E-state index in [4.69, 9.17) is 4.74 Å². The molecule has 21 heavy (non-hydrogen) atoms. The van der Waals surface area contributed by atoms with E-state index in [-0.39, 0.29) is 11.7 Å². The van der Waals surface area contributed by atoms with Crippen molar-refractivity contribution in [2.75, 3.05) is 20.3 Å². The zero-order valence-electron chi connectivity index (χ0n) is 12.0. The summed E-state index contributed by atoms with van der Waals surface area (Å²) in [6, 6.07) is 15.3. The molecule has 2 aromatic rings. The highest BCUT2D eigenvalue weighted by atomic mass is 19.1. The summed E-state index contributed by atoms with van der Waals surface area (Å²) in [5, 5.41) is 0. The van der Waals surface area contributed by atoms with Crippen LogP contribution in [0.1, 0.15) is 15.9 Å². The third-order valence-electron chi connectivity index (χ3n) is 3.16. The molecule has 0 unspecified atom stereocenters. The van der Waals surface area contributed by atoms with Crippen LogP contribution in [0.25, 0.3) is 0 Å². The van der Waals surface area contributed by atoms with Gasteiger partial charge in [-0.1, -0.05) is 30.3 Å². The van der Waals surface area contributed by atoms with Crippen LogP contribution in [-0.2, 0) is 11.3 Å². The molecule has 2 rings (SSSR count). The van der Waals surface area contributed by atoms with Crippen LogP contribution in [0, 0.1) is 5.82 Å². The number of nitrogens with zero attached hydrogens (tertiary/aromatic N) is 1. The molecule has 4 heteroatoms. The first kappa shape index (κ1) is 15.2. The summed E-state index contributed by atoms with van der Waals surface area (Å²) in [5.41, 5.74) is 1.52. The summed E-state index contributed by atoms with van der Waals surface area (Å²) in [5.74, 6) is -0.478. The van der Waals surface area contributed by atoms with Gasteiger partial charge in [0.2, 0.25) is 0 Å². The van der Waals surface area contributed by atoms with Crippen molar-refractivity contribution in [3.63, 3.8) is 0 Å². The van der Waals surface area contributed by atoms with E-state index in [0.717, 1.165) is 5.56 Å². The van der Waals surface area contributed by atoms with Crippen LogP contribution < -0.4 is 0 Å². The van der Waals surface area contributed by atoms with Crippen molar-refractivity contribution in [2.45, 2.75) is 6.54 Å². The maximum absolute atomic E-state index is 13.0. The number of rotatable bonds is 6. The Kier molecular flexibility index (Phi) is 5.46. The maximum Gasteiger partial charge on any atom is 0.254 e. The fraction of sp³-hybridized carbons (Fsp3) is 0.235. The largest absolute Gasteiger partial charge is 0.383 e. The molecule has 0 spiro atoms. The minimum absolute atomic E-state index is 0.129. The lowest BCUT2D eigenvalue weighted by atomic mass is 10.1. The first-order valence-electron chi connectivity index (χ1n) is 6.78. The fourth-order valence-electron chi connectivity index (χ4n) is 2.03. The van der Waals surface area contributed by atoms with E-state index >= 15 is 0 Å². The quantitative estimate of drug-likeness (QED) is 0.817. The second-order valence-electron chi connectivity index (χ2n) is 4.71. The van der Waals surface area contributed by atoms with Gasteiger partial charge in [0.1, 0.15) is 5.82 Å². The first-order valence-corrected chi connectivity index (χ1v) is 6.78. The van der Waals surface area contributed by atoms with Crippen molar-refractivity contribution >= 4 is 5.91 Å². The summed E-state index contributed by atoms with van der Waals surface area (Å²) in [4.78, 5) is 14.2. The summed E-state index contributed by atoms with van der Waals surface area (Å²) in [6.07, 6.45) is 0. The number of methoxy groups -OCH3 is 1. The summed E-state index contributed by atoms with van der Waals surface area (Å²) in [7, 11) is 1.60. The van der Waals surface area contributed by atoms with Crippen LogP contribution in [0.15, 0.2) is 54.6 Å². The van der Waals surface area contributed by atoms with Crippen molar-refractivity contribution in [2.24, 2.45) is 0 Å². The molecule has 0 aliphatic heterocycles. The highest BCUT2D eigenvalue weighted by molar-refractivity contribution is 5.94. The highest BCUT2D eigenvalue weighted by Crippen LogP contribution is 2.11. The lowest BCUT2D eigenvalue weighted by molar-refractivity contribution is 0.0680. The van der Waals surface area contributed by atoms with Gasteiger partial charge in [-0.15, -0.1) is 0 Å². The average Bonchev–Trinajstić information content (AvgIpc) is 2.52. The predicted molar refractivity (Wildman–Crippen MR) is 79.5 cm³/mol. The van der Waals surface area contributed by atoms with Crippen molar-refractivity contribution < 1.29 is 13.9 Å². The van der Waals surface area contributed by atoms with Gasteiger partial charge in [-0.2, -0.15) is 0 Å². The molecule has 0 N–H and O–H groups in total. The predicted octanol–water partition coefficient (Wildman–Crippen LogP) is 3.11. The van der Waals surface area contributed by atoms with Gasteiger partial charge in [0, 0.05) is 25.8 Å². The van der Waals surface area contributed by atoms with Gasteiger partial charge in [0.15, 0.2) is 0 Å². The Hall–Kier alpha value is -2.20. The number of benzene rings is 2. The van der Waals surface area contributed by atoms with E-state index in [2.05, 4.69) is 0 Å². The van der Waals surface area contributed by atoms with E-state index < -0.39 is 0 Å². The van der Waals surface area contributed by atoms with Crippen LogP contribution >= 0.6 is 0 Å². The molecule has 0 aliphatic carbocycles. The number of ether oxygens (including phenoxy) is 1. The molecule has 0 atom stereocenters. The number of carbonyl (C=O) groups excluding carboxylic acids is 1. The molecule has 0 heterocycles. The molecule has 0 fully saturated rings.